The number of anilines is 2. The molecule has 0 aromatic heterocycles. The van der Waals surface area contributed by atoms with E-state index in [0.29, 0.717) is 48.6 Å². The van der Waals surface area contributed by atoms with Gasteiger partial charge in [-0.2, -0.15) is 0 Å². The first-order valence-electron chi connectivity index (χ1n) is 11.6. The molecule has 2 amide bonds. The summed E-state index contributed by atoms with van der Waals surface area (Å²) in [6.07, 6.45) is 0. The molecule has 1 heterocycles. The molecule has 0 spiro atoms. The lowest BCUT2D eigenvalue weighted by atomic mass is 10.1. The second kappa shape index (κ2) is 12.0. The summed E-state index contributed by atoms with van der Waals surface area (Å²) < 4.78 is 5.64. The number of esters is 1. The lowest BCUT2D eigenvalue weighted by Crippen LogP contribution is -2.49. The molecule has 1 aliphatic heterocycles. The van der Waals surface area contributed by atoms with Crippen molar-refractivity contribution < 1.29 is 19.1 Å². The molecule has 1 saturated heterocycles. The number of amides is 2. The highest BCUT2D eigenvalue weighted by Gasteiger charge is 2.24. The van der Waals surface area contributed by atoms with Crippen LogP contribution >= 0.6 is 28.1 Å². The second-order valence-electron chi connectivity index (χ2n) is 8.29. The first-order valence-corrected chi connectivity index (χ1v) is 12.8. The minimum absolute atomic E-state index is 0.00363. The van der Waals surface area contributed by atoms with Crippen LogP contribution in [0, 0.1) is 0 Å². The normalized spacial score (nSPS) is 13.0. The van der Waals surface area contributed by atoms with Gasteiger partial charge in [-0.05, 0) is 60.7 Å². The third-order valence-electron chi connectivity index (χ3n) is 5.91. The minimum atomic E-state index is -0.489. The van der Waals surface area contributed by atoms with Crippen molar-refractivity contribution in [3.05, 3.63) is 94.0 Å². The van der Waals surface area contributed by atoms with E-state index in [1.165, 1.54) is 7.11 Å². The van der Waals surface area contributed by atoms with Crippen LogP contribution in [0.15, 0.2) is 77.3 Å². The van der Waals surface area contributed by atoms with Crippen LogP contribution in [0.25, 0.3) is 0 Å². The summed E-state index contributed by atoms with van der Waals surface area (Å²) in [4.78, 5) is 41.6. The molecule has 37 heavy (non-hydrogen) atoms. The highest BCUT2D eigenvalue weighted by Crippen LogP contribution is 2.29. The largest absolute Gasteiger partial charge is 0.465 e. The van der Waals surface area contributed by atoms with Gasteiger partial charge >= 0.3 is 5.97 Å². The summed E-state index contributed by atoms with van der Waals surface area (Å²) in [5.41, 5.74) is 2.78. The Bertz CT molecular complexity index is 1330. The number of carbonyl (C=O) groups is 3. The van der Waals surface area contributed by atoms with Crippen LogP contribution in [-0.2, 0) is 4.74 Å². The van der Waals surface area contributed by atoms with Gasteiger partial charge in [-0.1, -0.05) is 40.2 Å². The Kier molecular flexibility index (Phi) is 8.52. The zero-order valence-corrected chi connectivity index (χ0v) is 22.5. The van der Waals surface area contributed by atoms with E-state index >= 15 is 0 Å². The molecule has 1 fully saturated rings. The van der Waals surface area contributed by atoms with E-state index < -0.39 is 5.97 Å². The van der Waals surface area contributed by atoms with Gasteiger partial charge in [-0.3, -0.25) is 14.9 Å². The molecule has 3 aromatic carbocycles. The lowest BCUT2D eigenvalue weighted by Gasteiger charge is -2.37. The van der Waals surface area contributed by atoms with E-state index in [-0.39, 0.29) is 16.9 Å². The third-order valence-corrected chi connectivity index (χ3v) is 6.61. The van der Waals surface area contributed by atoms with Crippen LogP contribution in [0.4, 0.5) is 11.4 Å². The van der Waals surface area contributed by atoms with Gasteiger partial charge in [0.15, 0.2) is 5.11 Å². The molecule has 0 atom stereocenters. The maximum absolute atomic E-state index is 12.8. The Hall–Kier alpha value is -3.76. The topological polar surface area (TPSA) is 91.0 Å². The zero-order chi connectivity index (χ0) is 26.4. The van der Waals surface area contributed by atoms with Gasteiger partial charge in [-0.15, -0.1) is 0 Å². The Morgan fingerprint density at radius 2 is 1.57 bits per heavy atom. The first-order chi connectivity index (χ1) is 17.9. The fourth-order valence-electron chi connectivity index (χ4n) is 4.03. The first kappa shape index (κ1) is 26.3. The Balaban J connectivity index is 1.49. The van der Waals surface area contributed by atoms with Gasteiger partial charge in [0.05, 0.1) is 24.0 Å². The SMILES string of the molecule is COC(=O)c1ccc(N2CCN(C(=O)c3ccccc3)CC2)c(NC(=S)NC(=O)c2cccc(Br)c2)c1. The third kappa shape index (κ3) is 6.52. The molecule has 0 aliphatic carbocycles. The molecule has 0 unspecified atom stereocenters. The van der Waals surface area contributed by atoms with Crippen LogP contribution < -0.4 is 15.5 Å². The number of ether oxygens (including phenoxy) is 1. The van der Waals surface area contributed by atoms with Crippen molar-refractivity contribution in [2.24, 2.45) is 0 Å². The van der Waals surface area contributed by atoms with Gasteiger partial charge in [0.25, 0.3) is 11.8 Å². The highest BCUT2D eigenvalue weighted by molar-refractivity contribution is 9.10. The molecule has 0 saturated carbocycles. The summed E-state index contributed by atoms with van der Waals surface area (Å²) in [7, 11) is 1.31. The average molecular weight is 581 g/mol. The molecule has 4 rings (SSSR count). The van der Waals surface area contributed by atoms with Crippen molar-refractivity contribution in [3.8, 4) is 0 Å². The van der Waals surface area contributed by atoms with Gasteiger partial charge < -0.3 is 19.9 Å². The van der Waals surface area contributed by atoms with E-state index in [9.17, 15) is 14.4 Å². The second-order valence-corrected chi connectivity index (χ2v) is 9.61. The summed E-state index contributed by atoms with van der Waals surface area (Å²) in [5.74, 6) is -0.856. The number of hydrogen-bond acceptors (Lipinski definition) is 6. The van der Waals surface area contributed by atoms with E-state index in [4.69, 9.17) is 17.0 Å². The molecule has 8 nitrogen and oxygen atoms in total. The molecular weight excluding hydrogens is 556 g/mol. The monoisotopic (exact) mass is 580 g/mol. The number of carbonyl (C=O) groups excluding carboxylic acids is 3. The van der Waals surface area contributed by atoms with Gasteiger partial charge in [0.2, 0.25) is 0 Å². The van der Waals surface area contributed by atoms with Crippen molar-refractivity contribution in [1.29, 1.82) is 0 Å². The minimum Gasteiger partial charge on any atom is -0.465 e. The fourth-order valence-corrected chi connectivity index (χ4v) is 4.63. The summed E-state index contributed by atoms with van der Waals surface area (Å²) in [5, 5.41) is 5.83. The number of nitrogens with one attached hydrogen (secondary N) is 2. The highest BCUT2D eigenvalue weighted by atomic mass is 79.9. The van der Waals surface area contributed by atoms with E-state index in [1.54, 1.807) is 30.3 Å². The maximum Gasteiger partial charge on any atom is 0.337 e. The van der Waals surface area contributed by atoms with Crippen molar-refractivity contribution in [3.63, 3.8) is 0 Å². The number of benzene rings is 3. The molecule has 1 aliphatic rings. The van der Waals surface area contributed by atoms with Gasteiger partial charge in [0, 0.05) is 41.8 Å². The zero-order valence-electron chi connectivity index (χ0n) is 20.1. The summed E-state index contributed by atoms with van der Waals surface area (Å²) in [6, 6.07) is 21.3. The van der Waals surface area contributed by atoms with Crippen molar-refractivity contribution in [2.45, 2.75) is 0 Å². The van der Waals surface area contributed by atoms with Crippen LogP contribution in [0.3, 0.4) is 0 Å². The smallest absolute Gasteiger partial charge is 0.337 e. The standard InChI is InChI=1S/C27H25BrN4O4S/c1-36-26(35)20-10-11-23(31-12-14-32(15-13-31)25(34)18-6-3-2-4-7-18)22(17-20)29-27(37)30-24(33)19-8-5-9-21(28)16-19/h2-11,16-17H,12-15H2,1H3,(H2,29,30,33,37). The quantitative estimate of drug-likeness (QED) is 0.343. The van der Waals surface area contributed by atoms with Crippen LogP contribution in [-0.4, -0.2) is 61.1 Å². The number of rotatable bonds is 5. The predicted octanol–water partition coefficient (Wildman–Crippen LogP) is 4.32. The van der Waals surface area contributed by atoms with E-state index in [2.05, 4.69) is 31.5 Å². The van der Waals surface area contributed by atoms with Crippen LogP contribution in [0.2, 0.25) is 0 Å². The number of piperazine rings is 1. The van der Waals surface area contributed by atoms with Crippen LogP contribution in [0.5, 0.6) is 0 Å². The average Bonchev–Trinajstić information content (AvgIpc) is 2.92. The van der Waals surface area contributed by atoms with Crippen molar-refractivity contribution in [1.82, 2.24) is 10.2 Å². The fraction of sp³-hybridized carbons (Fsp3) is 0.185. The summed E-state index contributed by atoms with van der Waals surface area (Å²) >= 11 is 8.76. The van der Waals surface area contributed by atoms with E-state index in [0.717, 1.165) is 10.2 Å². The lowest BCUT2D eigenvalue weighted by molar-refractivity contribution is 0.0600. The molecule has 10 heteroatoms. The van der Waals surface area contributed by atoms with Crippen LogP contribution in [0.1, 0.15) is 31.1 Å². The Morgan fingerprint density at radius 3 is 2.24 bits per heavy atom. The number of nitrogens with zero attached hydrogens (tertiary/aromatic N) is 2. The summed E-state index contributed by atoms with van der Waals surface area (Å²) in [6.45, 7) is 2.25. The molecule has 0 radical (unpaired) electrons. The van der Waals surface area contributed by atoms with E-state index in [1.807, 2.05) is 47.4 Å². The molecule has 3 aromatic rings. The predicted molar refractivity (Wildman–Crippen MR) is 150 cm³/mol. The van der Waals surface area contributed by atoms with Crippen molar-refractivity contribution >= 4 is 62.4 Å². The molecule has 2 N–H and O–H groups in total. The number of thiocarbonyl (C=S) groups is 1. The number of hydrogen-bond donors (Lipinski definition) is 2. The van der Waals surface area contributed by atoms with Gasteiger partial charge in [0.1, 0.15) is 0 Å². The van der Waals surface area contributed by atoms with Gasteiger partial charge in [-0.25, -0.2) is 4.79 Å². The number of methoxy groups -OCH3 is 1. The Labute approximate surface area is 228 Å². The van der Waals surface area contributed by atoms with Crippen molar-refractivity contribution in [2.75, 3.05) is 43.5 Å². The molecule has 190 valence electrons. The molecular formula is C27H25BrN4O4S. The molecule has 0 bridgehead atoms. The maximum atomic E-state index is 12.8. The Morgan fingerprint density at radius 1 is 0.865 bits per heavy atom. The number of halogens is 1.